The summed E-state index contributed by atoms with van der Waals surface area (Å²) in [5, 5.41) is 4.51. The molecule has 0 fully saturated rings. The summed E-state index contributed by atoms with van der Waals surface area (Å²) >= 11 is 1.44. The normalized spacial score (nSPS) is 10.8. The van der Waals surface area contributed by atoms with Gasteiger partial charge in [0.25, 0.3) is 0 Å². The van der Waals surface area contributed by atoms with E-state index in [0.717, 1.165) is 29.1 Å². The minimum absolute atomic E-state index is 0.609. The lowest BCUT2D eigenvalue weighted by Gasteiger charge is -2.08. The Balaban J connectivity index is 2.17. The smallest absolute Gasteiger partial charge is 0.147 e. The molecule has 96 valence electrons. The number of hydrogen-bond donors (Lipinski definition) is 2. The quantitative estimate of drug-likeness (QED) is 0.859. The minimum atomic E-state index is 0.609. The van der Waals surface area contributed by atoms with E-state index in [9.17, 15) is 0 Å². The van der Waals surface area contributed by atoms with E-state index in [1.54, 1.807) is 0 Å². The van der Waals surface area contributed by atoms with E-state index in [-0.39, 0.29) is 0 Å². The van der Waals surface area contributed by atoms with Gasteiger partial charge >= 0.3 is 0 Å². The molecule has 3 nitrogen and oxygen atoms in total. The van der Waals surface area contributed by atoms with Crippen molar-refractivity contribution in [2.45, 2.75) is 20.3 Å². The molecular formula is C14H19N3S. The minimum Gasteiger partial charge on any atom is -0.382 e. The molecular weight excluding hydrogens is 242 g/mol. The van der Waals surface area contributed by atoms with Gasteiger partial charge in [0.1, 0.15) is 10.8 Å². The predicted molar refractivity (Wildman–Crippen MR) is 79.9 cm³/mol. The number of rotatable bonds is 5. The molecule has 2 aromatic rings. The van der Waals surface area contributed by atoms with Gasteiger partial charge in [0.2, 0.25) is 0 Å². The molecule has 0 unspecified atom stereocenters. The number of anilines is 2. The van der Waals surface area contributed by atoms with Crippen LogP contribution in [0.5, 0.6) is 0 Å². The van der Waals surface area contributed by atoms with E-state index < -0.39 is 0 Å². The van der Waals surface area contributed by atoms with E-state index in [4.69, 9.17) is 5.73 Å². The molecule has 18 heavy (non-hydrogen) atoms. The Bertz CT molecular complexity index is 491. The number of benzene rings is 1. The van der Waals surface area contributed by atoms with Crippen molar-refractivity contribution in [1.82, 2.24) is 4.37 Å². The SMILES string of the molecule is CC(C)CCNc1snc(N)c1-c1ccccc1. The highest BCUT2D eigenvalue weighted by molar-refractivity contribution is 7.11. The van der Waals surface area contributed by atoms with Crippen LogP contribution in [0.15, 0.2) is 30.3 Å². The summed E-state index contributed by atoms with van der Waals surface area (Å²) in [6.07, 6.45) is 1.14. The standard InChI is InChI=1S/C14H19N3S/c1-10(2)8-9-16-14-12(13(15)17-18-14)11-6-4-3-5-7-11/h3-7,10,16H,8-9H2,1-2H3,(H2,15,17). The van der Waals surface area contributed by atoms with Gasteiger partial charge in [0, 0.05) is 6.54 Å². The third-order valence-electron chi connectivity index (χ3n) is 2.79. The van der Waals surface area contributed by atoms with Crippen molar-refractivity contribution < 1.29 is 0 Å². The molecule has 2 rings (SSSR count). The van der Waals surface area contributed by atoms with Gasteiger partial charge in [-0.05, 0) is 29.4 Å². The first-order valence-electron chi connectivity index (χ1n) is 6.23. The Kier molecular flexibility index (Phi) is 4.20. The van der Waals surface area contributed by atoms with Crippen molar-refractivity contribution in [1.29, 1.82) is 0 Å². The van der Waals surface area contributed by atoms with Crippen LogP contribution in [0.4, 0.5) is 10.8 Å². The summed E-state index contributed by atoms with van der Waals surface area (Å²) in [7, 11) is 0. The number of aromatic nitrogens is 1. The highest BCUT2D eigenvalue weighted by Gasteiger charge is 2.12. The van der Waals surface area contributed by atoms with Crippen molar-refractivity contribution in [2.24, 2.45) is 5.92 Å². The Morgan fingerprint density at radius 2 is 2.00 bits per heavy atom. The van der Waals surface area contributed by atoms with Gasteiger partial charge in [0.15, 0.2) is 0 Å². The summed E-state index contributed by atoms with van der Waals surface area (Å²) < 4.78 is 4.25. The van der Waals surface area contributed by atoms with Crippen LogP contribution in [-0.2, 0) is 0 Å². The molecule has 0 radical (unpaired) electrons. The Morgan fingerprint density at radius 1 is 1.28 bits per heavy atom. The fourth-order valence-corrected chi connectivity index (χ4v) is 2.54. The molecule has 3 N–H and O–H groups in total. The summed E-state index contributed by atoms with van der Waals surface area (Å²) in [5.41, 5.74) is 8.12. The van der Waals surface area contributed by atoms with E-state index >= 15 is 0 Å². The highest BCUT2D eigenvalue weighted by Crippen LogP contribution is 2.36. The molecule has 0 spiro atoms. The van der Waals surface area contributed by atoms with Crippen molar-refractivity contribution in [3.05, 3.63) is 30.3 Å². The monoisotopic (exact) mass is 261 g/mol. The lowest BCUT2D eigenvalue weighted by molar-refractivity contribution is 0.608. The Morgan fingerprint density at radius 3 is 2.67 bits per heavy atom. The zero-order chi connectivity index (χ0) is 13.0. The number of nitrogens with zero attached hydrogens (tertiary/aromatic N) is 1. The maximum atomic E-state index is 5.96. The summed E-state index contributed by atoms with van der Waals surface area (Å²) in [5.74, 6) is 1.31. The van der Waals surface area contributed by atoms with Crippen LogP contribution in [0, 0.1) is 5.92 Å². The molecule has 0 atom stereocenters. The molecule has 4 heteroatoms. The van der Waals surface area contributed by atoms with Crippen LogP contribution in [-0.4, -0.2) is 10.9 Å². The van der Waals surface area contributed by atoms with Gasteiger partial charge in [-0.2, -0.15) is 4.37 Å². The molecule has 1 aromatic carbocycles. The van der Waals surface area contributed by atoms with Crippen LogP contribution in [0.3, 0.4) is 0 Å². The van der Waals surface area contributed by atoms with Gasteiger partial charge in [-0.3, -0.25) is 0 Å². The summed E-state index contributed by atoms with van der Waals surface area (Å²) in [6.45, 7) is 5.40. The molecule has 1 aromatic heterocycles. The van der Waals surface area contributed by atoms with Crippen molar-refractivity contribution in [3.63, 3.8) is 0 Å². The topological polar surface area (TPSA) is 50.9 Å². The van der Waals surface area contributed by atoms with Crippen LogP contribution in [0.1, 0.15) is 20.3 Å². The number of nitrogen functional groups attached to an aromatic ring is 1. The van der Waals surface area contributed by atoms with Gasteiger partial charge in [-0.15, -0.1) is 0 Å². The first-order chi connectivity index (χ1) is 8.68. The Hall–Kier alpha value is -1.55. The van der Waals surface area contributed by atoms with Gasteiger partial charge < -0.3 is 11.1 Å². The van der Waals surface area contributed by atoms with Gasteiger partial charge in [0.05, 0.1) is 5.56 Å². The molecule has 0 aliphatic carbocycles. The molecule has 0 aliphatic heterocycles. The molecule has 0 bridgehead atoms. The van der Waals surface area contributed by atoms with Crippen LogP contribution in [0.25, 0.3) is 11.1 Å². The Labute approximate surface area is 112 Å². The van der Waals surface area contributed by atoms with E-state index in [1.807, 2.05) is 18.2 Å². The summed E-state index contributed by atoms with van der Waals surface area (Å²) in [6, 6.07) is 10.2. The van der Waals surface area contributed by atoms with Gasteiger partial charge in [-0.1, -0.05) is 44.2 Å². The van der Waals surface area contributed by atoms with Crippen molar-refractivity contribution in [3.8, 4) is 11.1 Å². The fraction of sp³-hybridized carbons (Fsp3) is 0.357. The lowest BCUT2D eigenvalue weighted by Crippen LogP contribution is -2.04. The first-order valence-corrected chi connectivity index (χ1v) is 7.00. The van der Waals surface area contributed by atoms with E-state index in [0.29, 0.717) is 11.7 Å². The maximum absolute atomic E-state index is 5.96. The molecule has 0 saturated heterocycles. The maximum Gasteiger partial charge on any atom is 0.147 e. The molecule has 0 saturated carbocycles. The third-order valence-corrected chi connectivity index (χ3v) is 3.61. The van der Waals surface area contributed by atoms with E-state index in [2.05, 4.69) is 35.7 Å². The number of nitrogens with one attached hydrogen (secondary N) is 1. The second-order valence-electron chi connectivity index (χ2n) is 4.75. The largest absolute Gasteiger partial charge is 0.382 e. The average Bonchev–Trinajstić information content (AvgIpc) is 2.71. The zero-order valence-corrected chi connectivity index (χ0v) is 11.6. The van der Waals surface area contributed by atoms with Crippen LogP contribution in [0.2, 0.25) is 0 Å². The molecule has 0 aliphatic rings. The zero-order valence-electron chi connectivity index (χ0n) is 10.8. The second-order valence-corrected chi connectivity index (χ2v) is 5.52. The van der Waals surface area contributed by atoms with Crippen molar-refractivity contribution >= 4 is 22.4 Å². The number of nitrogens with two attached hydrogens (primary N) is 1. The fourth-order valence-electron chi connectivity index (χ4n) is 1.78. The number of hydrogen-bond acceptors (Lipinski definition) is 4. The second kappa shape index (κ2) is 5.87. The average molecular weight is 261 g/mol. The van der Waals surface area contributed by atoms with Crippen LogP contribution >= 0.6 is 11.5 Å². The molecule has 0 amide bonds. The third kappa shape index (κ3) is 3.01. The van der Waals surface area contributed by atoms with E-state index in [1.165, 1.54) is 11.5 Å². The predicted octanol–water partition coefficient (Wildman–Crippen LogP) is 3.85. The van der Waals surface area contributed by atoms with Gasteiger partial charge in [-0.25, -0.2) is 0 Å². The highest BCUT2D eigenvalue weighted by atomic mass is 32.1. The van der Waals surface area contributed by atoms with Crippen molar-refractivity contribution in [2.75, 3.05) is 17.6 Å². The molecule has 1 heterocycles. The summed E-state index contributed by atoms with van der Waals surface area (Å²) in [4.78, 5) is 0. The van der Waals surface area contributed by atoms with Crippen LogP contribution < -0.4 is 11.1 Å². The first kappa shape index (κ1) is 12.9. The lowest BCUT2D eigenvalue weighted by atomic mass is 10.1.